The molecule has 0 bridgehead atoms. The smallest absolute Gasteiger partial charge is 0.416 e. The van der Waals surface area contributed by atoms with E-state index in [4.69, 9.17) is 14.2 Å². The molecule has 0 saturated carbocycles. The summed E-state index contributed by atoms with van der Waals surface area (Å²) in [5, 5.41) is 0. The maximum Gasteiger partial charge on any atom is 0.416 e. The number of ether oxygens (including phenoxy) is 3. The molecule has 0 aliphatic carbocycles. The summed E-state index contributed by atoms with van der Waals surface area (Å²) >= 11 is 0. The summed E-state index contributed by atoms with van der Waals surface area (Å²) in [5.74, 6) is -0.301. The van der Waals surface area contributed by atoms with Crippen LogP contribution in [0.15, 0.2) is 60.8 Å². The highest BCUT2D eigenvalue weighted by Crippen LogP contribution is 2.37. The van der Waals surface area contributed by atoms with Crippen molar-refractivity contribution in [2.75, 3.05) is 20.3 Å². The molecule has 38 heavy (non-hydrogen) atoms. The van der Waals surface area contributed by atoms with Crippen molar-refractivity contribution < 1.29 is 37.0 Å². The van der Waals surface area contributed by atoms with Gasteiger partial charge in [-0.1, -0.05) is 36.4 Å². The molecule has 0 saturated heterocycles. The van der Waals surface area contributed by atoms with Crippen LogP contribution in [0.2, 0.25) is 0 Å². The fourth-order valence-corrected chi connectivity index (χ4v) is 3.81. The average Bonchev–Trinajstić information content (AvgIpc) is 2.90. The van der Waals surface area contributed by atoms with Gasteiger partial charge < -0.3 is 19.1 Å². The van der Waals surface area contributed by atoms with Crippen LogP contribution in [-0.2, 0) is 40.0 Å². The number of rotatable bonds is 10. The number of hydrogen-bond donors (Lipinski definition) is 0. The van der Waals surface area contributed by atoms with Crippen molar-refractivity contribution in [3.05, 3.63) is 83.0 Å². The van der Waals surface area contributed by atoms with Gasteiger partial charge in [-0.3, -0.25) is 4.79 Å². The van der Waals surface area contributed by atoms with Gasteiger partial charge in [0.15, 0.2) is 0 Å². The maximum absolute atomic E-state index is 13.6. The molecule has 3 aromatic rings. The van der Waals surface area contributed by atoms with E-state index in [1.54, 1.807) is 32.0 Å². The average molecular weight is 531 g/mol. The molecule has 0 aliphatic rings. The van der Waals surface area contributed by atoms with E-state index in [9.17, 15) is 22.8 Å². The van der Waals surface area contributed by atoms with E-state index in [2.05, 4.69) is 4.98 Å². The fraction of sp³-hybridized carbons (Fsp3) is 0.321. The monoisotopic (exact) mass is 530 g/mol. The molecule has 1 aromatic heterocycles. The molecule has 0 spiro atoms. The Kier molecular flexibility index (Phi) is 9.70. The van der Waals surface area contributed by atoms with Gasteiger partial charge in [-0.2, -0.15) is 13.2 Å². The van der Waals surface area contributed by atoms with Crippen LogP contribution in [0.5, 0.6) is 5.88 Å². The molecule has 2 aromatic carbocycles. The van der Waals surface area contributed by atoms with Gasteiger partial charge in [0.25, 0.3) is 0 Å². The standard InChI is InChI=1S/C28H29F3N2O5/c1-4-33(27(35)38-18-19-9-7-6-8-10-19)17-21-15-22(28(29,30)31)11-12-23(21)24-13-20(14-25(34)37-5-2)16-32-26(24)36-3/h6-13,15-16H,4-5,14,17-18H2,1-3H3. The minimum atomic E-state index is -4.59. The summed E-state index contributed by atoms with van der Waals surface area (Å²) < 4.78 is 56.6. The summed E-state index contributed by atoms with van der Waals surface area (Å²) in [7, 11) is 1.39. The quantitative estimate of drug-likeness (QED) is 0.298. The molecule has 0 atom stereocenters. The number of pyridine rings is 1. The zero-order valence-corrected chi connectivity index (χ0v) is 21.4. The van der Waals surface area contributed by atoms with Crippen molar-refractivity contribution in [3.63, 3.8) is 0 Å². The Labute approximate surface area is 219 Å². The molecule has 0 N–H and O–H groups in total. The van der Waals surface area contributed by atoms with E-state index >= 15 is 0 Å². The largest absolute Gasteiger partial charge is 0.481 e. The third-order valence-electron chi connectivity index (χ3n) is 5.68. The maximum atomic E-state index is 13.6. The van der Waals surface area contributed by atoms with Crippen molar-refractivity contribution in [1.29, 1.82) is 0 Å². The summed E-state index contributed by atoms with van der Waals surface area (Å²) in [5.41, 5.74) is 1.39. The van der Waals surface area contributed by atoms with Crippen LogP contribution < -0.4 is 4.74 Å². The van der Waals surface area contributed by atoms with Crippen molar-refractivity contribution in [1.82, 2.24) is 9.88 Å². The van der Waals surface area contributed by atoms with Gasteiger partial charge in [0.05, 0.1) is 25.7 Å². The van der Waals surface area contributed by atoms with Crippen LogP contribution in [0, 0.1) is 0 Å². The zero-order valence-electron chi connectivity index (χ0n) is 21.4. The number of aromatic nitrogens is 1. The summed E-state index contributed by atoms with van der Waals surface area (Å²) in [4.78, 5) is 30.4. The lowest BCUT2D eigenvalue weighted by molar-refractivity contribution is -0.142. The van der Waals surface area contributed by atoms with Crippen LogP contribution in [0.4, 0.5) is 18.0 Å². The van der Waals surface area contributed by atoms with Gasteiger partial charge in [-0.05, 0) is 54.3 Å². The van der Waals surface area contributed by atoms with E-state index in [1.165, 1.54) is 24.3 Å². The van der Waals surface area contributed by atoms with Gasteiger partial charge in [-0.25, -0.2) is 9.78 Å². The summed E-state index contributed by atoms with van der Waals surface area (Å²) in [6.07, 6.45) is -3.88. The molecule has 1 heterocycles. The number of hydrogen-bond acceptors (Lipinski definition) is 6. The SMILES string of the molecule is CCOC(=O)Cc1cnc(OC)c(-c2ccc(C(F)(F)F)cc2CN(CC)C(=O)OCc2ccccc2)c1. The van der Waals surface area contributed by atoms with Gasteiger partial charge in [-0.15, -0.1) is 0 Å². The van der Waals surface area contributed by atoms with Crippen molar-refractivity contribution in [3.8, 4) is 17.0 Å². The van der Waals surface area contributed by atoms with E-state index in [1.807, 2.05) is 18.2 Å². The first kappa shape index (κ1) is 28.5. The minimum absolute atomic E-state index is 0.0271. The Bertz CT molecular complexity index is 1250. The zero-order chi connectivity index (χ0) is 27.7. The Morgan fingerprint density at radius 2 is 1.68 bits per heavy atom. The van der Waals surface area contributed by atoms with Crippen LogP contribution in [0.25, 0.3) is 11.1 Å². The lowest BCUT2D eigenvalue weighted by atomic mass is 9.96. The molecule has 3 rings (SSSR count). The predicted octanol–water partition coefficient (Wildman–Crippen LogP) is 6.04. The van der Waals surface area contributed by atoms with Crippen LogP contribution >= 0.6 is 0 Å². The molecular formula is C28H29F3N2O5. The number of alkyl halides is 3. The van der Waals surface area contributed by atoms with Crippen LogP contribution in [0.1, 0.15) is 36.1 Å². The Morgan fingerprint density at radius 1 is 0.947 bits per heavy atom. The second-order valence-corrected chi connectivity index (χ2v) is 8.31. The van der Waals surface area contributed by atoms with E-state index in [0.717, 1.165) is 17.7 Å². The molecule has 0 fully saturated rings. The first-order valence-corrected chi connectivity index (χ1v) is 12.0. The minimum Gasteiger partial charge on any atom is -0.481 e. The molecule has 0 aliphatic heterocycles. The number of carbonyl (C=O) groups excluding carboxylic acids is 2. The summed E-state index contributed by atoms with van der Waals surface area (Å²) in [6, 6.07) is 14.0. The Morgan fingerprint density at radius 3 is 2.32 bits per heavy atom. The fourth-order valence-electron chi connectivity index (χ4n) is 3.81. The Balaban J connectivity index is 1.98. The van der Waals surface area contributed by atoms with E-state index in [-0.39, 0.29) is 44.2 Å². The number of benzene rings is 2. The van der Waals surface area contributed by atoms with Crippen molar-refractivity contribution in [2.45, 2.75) is 39.6 Å². The van der Waals surface area contributed by atoms with Gasteiger partial charge in [0.1, 0.15) is 6.61 Å². The number of methoxy groups -OCH3 is 1. The van der Waals surface area contributed by atoms with Gasteiger partial charge >= 0.3 is 18.2 Å². The topological polar surface area (TPSA) is 78.0 Å². The normalized spacial score (nSPS) is 11.1. The van der Waals surface area contributed by atoms with E-state index in [0.29, 0.717) is 16.7 Å². The summed E-state index contributed by atoms with van der Waals surface area (Å²) in [6.45, 7) is 3.68. The first-order chi connectivity index (χ1) is 18.2. The number of nitrogens with zero attached hydrogens (tertiary/aromatic N) is 2. The highest BCUT2D eigenvalue weighted by Gasteiger charge is 2.32. The molecule has 202 valence electrons. The first-order valence-electron chi connectivity index (χ1n) is 12.0. The van der Waals surface area contributed by atoms with Gasteiger partial charge in [0.2, 0.25) is 5.88 Å². The number of esters is 1. The highest BCUT2D eigenvalue weighted by atomic mass is 19.4. The molecule has 7 nitrogen and oxygen atoms in total. The highest BCUT2D eigenvalue weighted by molar-refractivity contribution is 5.77. The lowest BCUT2D eigenvalue weighted by Crippen LogP contribution is -2.31. The molecular weight excluding hydrogens is 501 g/mol. The number of amides is 1. The molecule has 10 heteroatoms. The number of halogens is 3. The molecule has 0 radical (unpaired) electrons. The van der Waals surface area contributed by atoms with Crippen molar-refractivity contribution >= 4 is 12.1 Å². The second kappa shape index (κ2) is 12.9. The second-order valence-electron chi connectivity index (χ2n) is 8.31. The predicted molar refractivity (Wildman–Crippen MR) is 134 cm³/mol. The third-order valence-corrected chi connectivity index (χ3v) is 5.68. The Hall–Kier alpha value is -4.08. The van der Waals surface area contributed by atoms with E-state index < -0.39 is 23.8 Å². The lowest BCUT2D eigenvalue weighted by Gasteiger charge is -2.23. The van der Waals surface area contributed by atoms with Crippen molar-refractivity contribution in [2.24, 2.45) is 0 Å². The molecule has 0 unspecified atom stereocenters. The van der Waals surface area contributed by atoms with Crippen LogP contribution in [0.3, 0.4) is 0 Å². The third kappa shape index (κ3) is 7.47. The van der Waals surface area contributed by atoms with Crippen LogP contribution in [-0.4, -0.2) is 42.2 Å². The number of carbonyl (C=O) groups is 2. The van der Waals surface area contributed by atoms with Gasteiger partial charge in [0, 0.05) is 24.8 Å². The molecule has 1 amide bonds.